The average Bonchev–Trinajstić information content (AvgIpc) is 2.58. The van der Waals surface area contributed by atoms with E-state index in [9.17, 15) is 14.2 Å². The van der Waals surface area contributed by atoms with Gasteiger partial charge in [-0.1, -0.05) is 30.3 Å². The van der Waals surface area contributed by atoms with Crippen molar-refractivity contribution in [2.24, 2.45) is 0 Å². The molecule has 0 heterocycles. The van der Waals surface area contributed by atoms with Gasteiger partial charge in [-0.3, -0.25) is 9.36 Å². The summed E-state index contributed by atoms with van der Waals surface area (Å²) in [7, 11) is -2.52. The fourth-order valence-corrected chi connectivity index (χ4v) is 4.54. The molecule has 1 amide bonds. The molecule has 152 valence electrons. The molecular weight excluding hydrogens is 371 g/mol. The SMILES string of the molecule is CCOP(=O)(NC(C)C(=O)OC)C(NC(=O)OC(C)(C)C)c1ccccc1. The van der Waals surface area contributed by atoms with Crippen molar-refractivity contribution in [2.75, 3.05) is 13.7 Å². The van der Waals surface area contributed by atoms with Gasteiger partial charge in [0.25, 0.3) is 7.52 Å². The number of benzene rings is 1. The molecule has 1 aromatic carbocycles. The number of rotatable bonds is 8. The molecule has 2 N–H and O–H groups in total. The lowest BCUT2D eigenvalue weighted by Gasteiger charge is -2.31. The van der Waals surface area contributed by atoms with Crippen LogP contribution < -0.4 is 10.4 Å². The maximum atomic E-state index is 13.6. The van der Waals surface area contributed by atoms with Crippen LogP contribution in [0.5, 0.6) is 0 Å². The average molecular weight is 400 g/mol. The van der Waals surface area contributed by atoms with Crippen LogP contribution in [0.4, 0.5) is 4.79 Å². The predicted octanol–water partition coefficient (Wildman–Crippen LogP) is 3.59. The monoisotopic (exact) mass is 400 g/mol. The predicted molar refractivity (Wildman–Crippen MR) is 102 cm³/mol. The lowest BCUT2D eigenvalue weighted by molar-refractivity contribution is -0.142. The number of methoxy groups -OCH3 is 1. The third-order valence-electron chi connectivity index (χ3n) is 3.36. The van der Waals surface area contributed by atoms with Crippen molar-refractivity contribution in [1.82, 2.24) is 10.4 Å². The second-order valence-corrected chi connectivity index (χ2v) is 9.08. The molecule has 0 aromatic heterocycles. The van der Waals surface area contributed by atoms with Gasteiger partial charge in [-0.2, -0.15) is 0 Å². The summed E-state index contributed by atoms with van der Waals surface area (Å²) in [5.74, 6) is -1.65. The minimum atomic E-state index is -3.76. The van der Waals surface area contributed by atoms with Crippen LogP contribution in [-0.2, 0) is 23.4 Å². The normalized spacial score (nSPS) is 15.9. The highest BCUT2D eigenvalue weighted by molar-refractivity contribution is 7.57. The first-order valence-corrected chi connectivity index (χ1v) is 10.4. The summed E-state index contributed by atoms with van der Waals surface area (Å²) in [5, 5.41) is 5.31. The minimum absolute atomic E-state index is 0.109. The number of amides is 1. The Morgan fingerprint density at radius 2 is 1.78 bits per heavy atom. The Labute approximate surface area is 160 Å². The van der Waals surface area contributed by atoms with Gasteiger partial charge < -0.3 is 19.3 Å². The van der Waals surface area contributed by atoms with Crippen molar-refractivity contribution in [1.29, 1.82) is 0 Å². The maximum Gasteiger partial charge on any atom is 0.408 e. The Morgan fingerprint density at radius 3 is 2.26 bits per heavy atom. The third kappa shape index (κ3) is 7.33. The second-order valence-electron chi connectivity index (χ2n) is 6.85. The topological polar surface area (TPSA) is 103 Å². The number of hydrogen-bond donors (Lipinski definition) is 2. The van der Waals surface area contributed by atoms with Gasteiger partial charge in [0.05, 0.1) is 13.7 Å². The zero-order valence-electron chi connectivity index (χ0n) is 16.6. The summed E-state index contributed by atoms with van der Waals surface area (Å²) in [6.45, 7) is 8.47. The van der Waals surface area contributed by atoms with E-state index in [2.05, 4.69) is 15.1 Å². The van der Waals surface area contributed by atoms with E-state index in [1.807, 2.05) is 0 Å². The quantitative estimate of drug-likeness (QED) is 0.508. The van der Waals surface area contributed by atoms with Crippen molar-refractivity contribution in [3.63, 3.8) is 0 Å². The number of carbonyl (C=O) groups excluding carboxylic acids is 2. The van der Waals surface area contributed by atoms with E-state index in [-0.39, 0.29) is 6.61 Å². The fraction of sp³-hybridized carbons (Fsp3) is 0.556. The first-order chi connectivity index (χ1) is 12.5. The van der Waals surface area contributed by atoms with Gasteiger partial charge in [-0.15, -0.1) is 0 Å². The zero-order valence-corrected chi connectivity index (χ0v) is 17.5. The van der Waals surface area contributed by atoms with E-state index in [4.69, 9.17) is 9.26 Å². The number of nitrogens with one attached hydrogen (secondary N) is 2. The van der Waals surface area contributed by atoms with Crippen LogP contribution in [0.1, 0.15) is 46.0 Å². The first kappa shape index (κ1) is 23.1. The minimum Gasteiger partial charge on any atom is -0.468 e. The molecule has 3 atom stereocenters. The summed E-state index contributed by atoms with van der Waals surface area (Å²) >= 11 is 0. The Bertz CT molecular complexity index is 674. The van der Waals surface area contributed by atoms with Crippen molar-refractivity contribution in [2.45, 2.75) is 52.0 Å². The van der Waals surface area contributed by atoms with Crippen LogP contribution in [0.25, 0.3) is 0 Å². The smallest absolute Gasteiger partial charge is 0.408 e. The summed E-state index contributed by atoms with van der Waals surface area (Å²) in [6.07, 6.45) is -0.746. The van der Waals surface area contributed by atoms with E-state index >= 15 is 0 Å². The Balaban J connectivity index is 3.24. The standard InChI is InChI=1S/C18H29N2O6P/c1-7-25-27(23,20-13(2)16(21)24-6)15(14-11-9-8-10-12-14)19-17(22)26-18(3,4)5/h8-13,15H,7H2,1-6H3,(H,19,22)(H,20,23). The molecule has 3 unspecified atom stereocenters. The zero-order chi connectivity index (χ0) is 20.7. The van der Waals surface area contributed by atoms with Crippen molar-refractivity contribution in [3.05, 3.63) is 35.9 Å². The van der Waals surface area contributed by atoms with Crippen LogP contribution in [0.3, 0.4) is 0 Å². The molecule has 9 heteroatoms. The van der Waals surface area contributed by atoms with Crippen molar-refractivity contribution in [3.8, 4) is 0 Å². The molecule has 0 saturated heterocycles. The molecule has 1 rings (SSSR count). The van der Waals surface area contributed by atoms with Crippen LogP contribution in [-0.4, -0.2) is 37.4 Å². The molecule has 0 saturated carbocycles. The van der Waals surface area contributed by atoms with E-state index in [1.165, 1.54) is 14.0 Å². The number of esters is 1. The summed E-state index contributed by atoms with van der Waals surface area (Å²) < 4.78 is 29.1. The second kappa shape index (κ2) is 9.88. The highest BCUT2D eigenvalue weighted by Crippen LogP contribution is 2.55. The summed E-state index contributed by atoms with van der Waals surface area (Å²) in [6, 6.07) is 7.80. The summed E-state index contributed by atoms with van der Waals surface area (Å²) in [4.78, 5) is 24.1. The maximum absolute atomic E-state index is 13.6. The highest BCUT2D eigenvalue weighted by atomic mass is 31.2. The van der Waals surface area contributed by atoms with E-state index in [1.54, 1.807) is 58.0 Å². The molecule has 0 aliphatic heterocycles. The largest absolute Gasteiger partial charge is 0.468 e. The lowest BCUT2D eigenvalue weighted by atomic mass is 10.2. The number of alkyl carbamates (subject to hydrolysis) is 1. The van der Waals surface area contributed by atoms with Gasteiger partial charge in [0.1, 0.15) is 17.4 Å². The molecular formula is C18H29N2O6P. The van der Waals surface area contributed by atoms with E-state index < -0.39 is 37.0 Å². The fourth-order valence-electron chi connectivity index (χ4n) is 2.30. The van der Waals surface area contributed by atoms with Crippen LogP contribution in [0, 0.1) is 0 Å². The van der Waals surface area contributed by atoms with Crippen LogP contribution in [0.2, 0.25) is 0 Å². The Hall–Kier alpha value is -1.89. The first-order valence-electron chi connectivity index (χ1n) is 8.66. The molecule has 0 fully saturated rings. The van der Waals surface area contributed by atoms with Gasteiger partial charge in [-0.25, -0.2) is 9.88 Å². The number of carbonyl (C=O) groups is 2. The van der Waals surface area contributed by atoms with E-state index in [0.29, 0.717) is 5.56 Å². The molecule has 0 aliphatic carbocycles. The van der Waals surface area contributed by atoms with E-state index in [0.717, 1.165) is 0 Å². The van der Waals surface area contributed by atoms with Crippen LogP contribution in [0.15, 0.2) is 30.3 Å². The van der Waals surface area contributed by atoms with Crippen molar-refractivity contribution >= 4 is 19.6 Å². The van der Waals surface area contributed by atoms with Crippen molar-refractivity contribution < 1.29 is 28.2 Å². The molecule has 27 heavy (non-hydrogen) atoms. The number of hydrogen-bond acceptors (Lipinski definition) is 6. The van der Waals surface area contributed by atoms with Gasteiger partial charge in [0.2, 0.25) is 0 Å². The molecule has 0 aliphatic rings. The third-order valence-corrected chi connectivity index (χ3v) is 5.85. The molecule has 0 spiro atoms. The Morgan fingerprint density at radius 1 is 1.19 bits per heavy atom. The van der Waals surface area contributed by atoms with Gasteiger partial charge in [0.15, 0.2) is 0 Å². The highest BCUT2D eigenvalue weighted by Gasteiger charge is 2.40. The van der Waals surface area contributed by atoms with Crippen LogP contribution >= 0.6 is 7.52 Å². The molecule has 0 radical (unpaired) electrons. The summed E-state index contributed by atoms with van der Waals surface area (Å²) in [5.41, 5.74) is -0.182. The molecule has 1 aromatic rings. The number of ether oxygens (including phenoxy) is 2. The van der Waals surface area contributed by atoms with Gasteiger partial charge in [0, 0.05) is 0 Å². The molecule has 8 nitrogen and oxygen atoms in total. The van der Waals surface area contributed by atoms with Gasteiger partial charge >= 0.3 is 12.1 Å². The molecule has 0 bridgehead atoms. The Kier molecular flexibility index (Phi) is 8.47. The van der Waals surface area contributed by atoms with Gasteiger partial charge in [-0.05, 0) is 40.2 Å². The lowest BCUT2D eigenvalue weighted by Crippen LogP contribution is -2.40.